The van der Waals surface area contributed by atoms with Gasteiger partial charge in [0.1, 0.15) is 18.1 Å². The van der Waals surface area contributed by atoms with Crippen molar-refractivity contribution in [1.29, 1.82) is 0 Å². The maximum atomic E-state index is 12.4. The molecule has 0 unspecified atom stereocenters. The Balaban J connectivity index is 1.67. The first-order valence-electron chi connectivity index (χ1n) is 9.34. The molecule has 0 saturated carbocycles. The van der Waals surface area contributed by atoms with Crippen molar-refractivity contribution in [3.63, 3.8) is 0 Å². The van der Waals surface area contributed by atoms with Gasteiger partial charge in [-0.25, -0.2) is 9.59 Å². The third-order valence-corrected chi connectivity index (χ3v) is 4.97. The molecule has 1 N–H and O–H groups in total. The third kappa shape index (κ3) is 2.81. The van der Waals surface area contributed by atoms with E-state index >= 15 is 0 Å². The zero-order valence-corrected chi connectivity index (χ0v) is 15.7. The van der Waals surface area contributed by atoms with E-state index in [0.29, 0.717) is 35.6 Å². The molecule has 144 valence electrons. The molecule has 3 aromatic carbocycles. The second-order valence-electron chi connectivity index (χ2n) is 6.76. The molecular weight excluding hydrogens is 370 g/mol. The van der Waals surface area contributed by atoms with Crippen LogP contribution >= 0.6 is 0 Å². The Morgan fingerprint density at radius 2 is 1.79 bits per heavy atom. The Kier molecular flexibility index (Phi) is 3.98. The summed E-state index contributed by atoms with van der Waals surface area (Å²) in [6, 6.07) is 17.1. The fourth-order valence-electron chi connectivity index (χ4n) is 3.69. The largest absolute Gasteiger partial charge is 0.492 e. The van der Waals surface area contributed by atoms with Gasteiger partial charge in [-0.15, -0.1) is 0 Å². The molecular formula is C23H17NO5. The van der Waals surface area contributed by atoms with Crippen LogP contribution in [0.4, 0.5) is 0 Å². The van der Waals surface area contributed by atoms with Crippen LogP contribution in [0.3, 0.4) is 0 Å². The second kappa shape index (κ2) is 6.67. The van der Waals surface area contributed by atoms with E-state index in [1.807, 2.05) is 55.5 Å². The number of fused-ring (bicyclic) bond motifs is 5. The summed E-state index contributed by atoms with van der Waals surface area (Å²) >= 11 is 0. The fraction of sp³-hybridized carbons (Fsp3) is 0.130. The molecule has 1 aromatic heterocycles. The lowest BCUT2D eigenvalue weighted by Crippen LogP contribution is -1.98. The summed E-state index contributed by atoms with van der Waals surface area (Å²) in [6.07, 6.45) is 0. The number of cyclic esters (lactones) is 2. The van der Waals surface area contributed by atoms with Crippen molar-refractivity contribution in [2.45, 2.75) is 13.5 Å². The maximum Gasteiger partial charge on any atom is 0.347 e. The number of hydrogen-bond acceptors (Lipinski definition) is 5. The van der Waals surface area contributed by atoms with Crippen molar-refractivity contribution in [2.24, 2.45) is 0 Å². The smallest absolute Gasteiger partial charge is 0.347 e. The standard InChI is InChI=1S/C23H17NO5/c1-2-27-18-11-16-20(23(26)29-22(16)25)19-15-10-14(8-9-17(15)24-21(18)19)28-12-13-6-4-3-5-7-13/h3-11,24H,2,12H2,1H3. The van der Waals surface area contributed by atoms with Gasteiger partial charge in [0.05, 0.1) is 23.3 Å². The molecule has 1 aliphatic heterocycles. The van der Waals surface area contributed by atoms with Gasteiger partial charge in [-0.05, 0) is 36.8 Å². The van der Waals surface area contributed by atoms with Crippen molar-refractivity contribution in [1.82, 2.24) is 4.98 Å². The average Bonchev–Trinajstić information content (AvgIpc) is 3.24. The highest BCUT2D eigenvalue weighted by atomic mass is 16.6. The van der Waals surface area contributed by atoms with Crippen LogP contribution in [0.15, 0.2) is 54.6 Å². The molecule has 6 nitrogen and oxygen atoms in total. The molecule has 0 spiro atoms. The lowest BCUT2D eigenvalue weighted by molar-refractivity contribution is 0.0444. The summed E-state index contributed by atoms with van der Waals surface area (Å²) in [5.41, 5.74) is 3.02. The Bertz CT molecular complexity index is 1270. The predicted molar refractivity (Wildman–Crippen MR) is 107 cm³/mol. The van der Waals surface area contributed by atoms with Gasteiger partial charge in [-0.3, -0.25) is 0 Å². The van der Waals surface area contributed by atoms with Crippen LogP contribution in [0.5, 0.6) is 11.5 Å². The summed E-state index contributed by atoms with van der Waals surface area (Å²) in [4.78, 5) is 27.8. The van der Waals surface area contributed by atoms with Crippen LogP contribution in [0.25, 0.3) is 21.8 Å². The third-order valence-electron chi connectivity index (χ3n) is 4.97. The van der Waals surface area contributed by atoms with Gasteiger partial charge < -0.3 is 19.2 Å². The van der Waals surface area contributed by atoms with Gasteiger partial charge in [0.2, 0.25) is 0 Å². The zero-order valence-electron chi connectivity index (χ0n) is 15.7. The highest BCUT2D eigenvalue weighted by Crippen LogP contribution is 2.40. The molecule has 2 heterocycles. The maximum absolute atomic E-state index is 12.4. The summed E-state index contributed by atoms with van der Waals surface area (Å²) in [7, 11) is 0. The van der Waals surface area contributed by atoms with Crippen LogP contribution < -0.4 is 9.47 Å². The van der Waals surface area contributed by atoms with E-state index in [1.165, 1.54) is 0 Å². The number of nitrogens with one attached hydrogen (secondary N) is 1. The Morgan fingerprint density at radius 3 is 2.59 bits per heavy atom. The van der Waals surface area contributed by atoms with E-state index in [1.54, 1.807) is 6.07 Å². The van der Waals surface area contributed by atoms with E-state index < -0.39 is 11.9 Å². The number of carbonyl (C=O) groups excluding carboxylic acids is 2. The van der Waals surface area contributed by atoms with Gasteiger partial charge in [0, 0.05) is 16.3 Å². The quantitative estimate of drug-likeness (QED) is 0.400. The van der Waals surface area contributed by atoms with Gasteiger partial charge in [-0.2, -0.15) is 0 Å². The molecule has 0 fully saturated rings. The predicted octanol–water partition coefficient (Wildman–Crippen LogP) is 4.61. The van der Waals surface area contributed by atoms with E-state index in [0.717, 1.165) is 16.5 Å². The number of ether oxygens (including phenoxy) is 3. The zero-order chi connectivity index (χ0) is 20.0. The second-order valence-corrected chi connectivity index (χ2v) is 6.76. The minimum atomic E-state index is -0.654. The number of hydrogen-bond donors (Lipinski definition) is 1. The molecule has 0 bridgehead atoms. The van der Waals surface area contributed by atoms with Gasteiger partial charge in [0.15, 0.2) is 0 Å². The van der Waals surface area contributed by atoms with Crippen molar-refractivity contribution >= 4 is 33.7 Å². The molecule has 29 heavy (non-hydrogen) atoms. The highest BCUT2D eigenvalue weighted by Gasteiger charge is 2.34. The number of esters is 2. The molecule has 5 rings (SSSR count). The Hall–Kier alpha value is -3.80. The van der Waals surface area contributed by atoms with Crippen molar-refractivity contribution in [3.8, 4) is 11.5 Å². The summed E-state index contributed by atoms with van der Waals surface area (Å²) in [5.74, 6) is -0.125. The highest BCUT2D eigenvalue weighted by molar-refractivity contribution is 6.27. The van der Waals surface area contributed by atoms with E-state index in [2.05, 4.69) is 4.98 Å². The summed E-state index contributed by atoms with van der Waals surface area (Å²) in [5, 5.41) is 1.39. The minimum absolute atomic E-state index is 0.224. The van der Waals surface area contributed by atoms with Gasteiger partial charge in [0.25, 0.3) is 0 Å². The number of benzene rings is 3. The minimum Gasteiger partial charge on any atom is -0.492 e. The lowest BCUT2D eigenvalue weighted by atomic mass is 10.0. The topological polar surface area (TPSA) is 77.6 Å². The molecule has 4 aromatic rings. The van der Waals surface area contributed by atoms with Crippen LogP contribution in [-0.4, -0.2) is 23.5 Å². The normalized spacial score (nSPS) is 13.0. The Morgan fingerprint density at radius 1 is 0.966 bits per heavy atom. The molecule has 0 aliphatic carbocycles. The first-order valence-corrected chi connectivity index (χ1v) is 9.34. The molecule has 0 amide bonds. The number of aromatic amines is 1. The summed E-state index contributed by atoms with van der Waals surface area (Å²) < 4.78 is 16.5. The summed E-state index contributed by atoms with van der Waals surface area (Å²) in [6.45, 7) is 2.72. The van der Waals surface area contributed by atoms with Gasteiger partial charge in [-0.1, -0.05) is 30.3 Å². The monoisotopic (exact) mass is 387 g/mol. The SMILES string of the molecule is CCOc1cc2c(c3c1[nH]c1ccc(OCc4ccccc4)cc13)C(=O)OC2=O. The number of carbonyl (C=O) groups is 2. The number of aromatic nitrogens is 1. The van der Waals surface area contributed by atoms with E-state index in [-0.39, 0.29) is 11.1 Å². The molecule has 1 aliphatic rings. The number of H-pyrrole nitrogens is 1. The average molecular weight is 387 g/mol. The Labute approximate surface area is 166 Å². The first-order chi connectivity index (χ1) is 14.2. The molecule has 0 saturated heterocycles. The van der Waals surface area contributed by atoms with Crippen molar-refractivity contribution in [3.05, 3.63) is 71.3 Å². The van der Waals surface area contributed by atoms with Gasteiger partial charge >= 0.3 is 11.9 Å². The van der Waals surface area contributed by atoms with E-state index in [9.17, 15) is 9.59 Å². The molecule has 0 atom stereocenters. The molecule has 0 radical (unpaired) electrons. The van der Waals surface area contributed by atoms with Crippen LogP contribution in [0, 0.1) is 0 Å². The van der Waals surface area contributed by atoms with Crippen LogP contribution in [-0.2, 0) is 11.3 Å². The van der Waals surface area contributed by atoms with Crippen molar-refractivity contribution < 1.29 is 23.8 Å². The molecule has 6 heteroatoms. The van der Waals surface area contributed by atoms with E-state index in [4.69, 9.17) is 14.2 Å². The fourth-order valence-corrected chi connectivity index (χ4v) is 3.69. The first kappa shape index (κ1) is 17.3. The van der Waals surface area contributed by atoms with Crippen LogP contribution in [0.1, 0.15) is 33.2 Å². The number of rotatable bonds is 5. The van der Waals surface area contributed by atoms with Crippen LogP contribution in [0.2, 0.25) is 0 Å². The lowest BCUT2D eigenvalue weighted by Gasteiger charge is -2.07. The van der Waals surface area contributed by atoms with Crippen molar-refractivity contribution in [2.75, 3.05) is 6.61 Å².